The van der Waals surface area contributed by atoms with Crippen molar-refractivity contribution in [3.8, 4) is 0 Å². The van der Waals surface area contributed by atoms with Crippen molar-refractivity contribution >= 4 is 28.4 Å². The van der Waals surface area contributed by atoms with E-state index in [0.29, 0.717) is 49.5 Å². The molecule has 0 unspecified atom stereocenters. The molecule has 4 rings (SSSR count). The zero-order valence-electron chi connectivity index (χ0n) is 17.6. The number of nitrogen functional groups attached to an aromatic ring is 1. The van der Waals surface area contributed by atoms with Gasteiger partial charge in [0.25, 0.3) is 17.1 Å². The van der Waals surface area contributed by atoms with Crippen molar-refractivity contribution in [3.05, 3.63) is 58.5 Å². The largest absolute Gasteiger partial charge is 0.379 e. The van der Waals surface area contributed by atoms with Gasteiger partial charge in [0.15, 0.2) is 0 Å². The molecule has 9 nitrogen and oxygen atoms in total. The number of ether oxygens (including phenoxy) is 1. The van der Waals surface area contributed by atoms with Gasteiger partial charge >= 0.3 is 0 Å². The number of nitrogens with two attached hydrogens (primary N) is 1. The Labute approximate surface area is 179 Å². The van der Waals surface area contributed by atoms with Crippen molar-refractivity contribution in [1.82, 2.24) is 19.6 Å². The zero-order valence-corrected chi connectivity index (χ0v) is 17.6. The Kier molecular flexibility index (Phi) is 5.97. The SMILES string of the molecule is C=CCNC(=O)c1cc2c(=O)n3cccc(C)c3nc2[n+](CCN2CCOCC2)c1N. The van der Waals surface area contributed by atoms with Gasteiger partial charge in [-0.05, 0) is 19.1 Å². The van der Waals surface area contributed by atoms with Crippen LogP contribution in [0.2, 0.25) is 0 Å². The van der Waals surface area contributed by atoms with Crippen LogP contribution in [-0.4, -0.2) is 59.6 Å². The van der Waals surface area contributed by atoms with Gasteiger partial charge in [0.1, 0.15) is 10.9 Å². The van der Waals surface area contributed by atoms with Crippen molar-refractivity contribution < 1.29 is 14.1 Å². The fraction of sp³-hybridized carbons (Fsp3) is 0.364. The number of carbonyl (C=O) groups excluding carboxylic acids is 1. The third kappa shape index (κ3) is 4.01. The molecule has 1 aliphatic rings. The Morgan fingerprint density at radius 2 is 2.19 bits per heavy atom. The van der Waals surface area contributed by atoms with E-state index in [-0.39, 0.29) is 22.8 Å². The Bertz CT molecular complexity index is 1210. The number of aromatic nitrogens is 3. The molecular weight excluding hydrogens is 396 g/mol. The summed E-state index contributed by atoms with van der Waals surface area (Å²) in [5, 5.41) is 3.10. The maximum Gasteiger partial charge on any atom is 0.278 e. The van der Waals surface area contributed by atoms with Crippen LogP contribution in [0.4, 0.5) is 5.82 Å². The molecule has 162 valence electrons. The summed E-state index contributed by atoms with van der Waals surface area (Å²) in [5.41, 5.74) is 8.40. The highest BCUT2D eigenvalue weighted by molar-refractivity contribution is 6.00. The molecule has 0 aliphatic carbocycles. The van der Waals surface area contributed by atoms with Gasteiger partial charge in [0.2, 0.25) is 11.5 Å². The molecule has 3 aromatic rings. The normalized spacial score (nSPS) is 14.7. The van der Waals surface area contributed by atoms with Gasteiger partial charge < -0.3 is 15.8 Å². The lowest BCUT2D eigenvalue weighted by Gasteiger charge is -2.26. The zero-order chi connectivity index (χ0) is 22.0. The number of pyridine rings is 2. The summed E-state index contributed by atoms with van der Waals surface area (Å²) in [7, 11) is 0. The topological polar surface area (TPSA) is 106 Å². The summed E-state index contributed by atoms with van der Waals surface area (Å²) in [6.07, 6.45) is 3.28. The minimum absolute atomic E-state index is 0.235. The molecule has 0 atom stereocenters. The number of nitrogens with one attached hydrogen (secondary N) is 1. The first kappa shape index (κ1) is 21.0. The predicted octanol–water partition coefficient (Wildman–Crippen LogP) is 0.274. The molecule has 31 heavy (non-hydrogen) atoms. The van der Waals surface area contributed by atoms with Crippen molar-refractivity contribution in [3.63, 3.8) is 0 Å². The van der Waals surface area contributed by atoms with Gasteiger partial charge in [0, 0.05) is 37.9 Å². The van der Waals surface area contributed by atoms with E-state index in [1.54, 1.807) is 29.0 Å². The van der Waals surface area contributed by atoms with Crippen LogP contribution in [0, 0.1) is 6.92 Å². The number of hydrogen-bond donors (Lipinski definition) is 2. The second-order valence-electron chi connectivity index (χ2n) is 7.59. The molecule has 0 bridgehead atoms. The van der Waals surface area contributed by atoms with Crippen LogP contribution in [0.15, 0.2) is 41.8 Å². The first-order valence-corrected chi connectivity index (χ1v) is 10.3. The molecule has 3 aromatic heterocycles. The average Bonchev–Trinajstić information content (AvgIpc) is 2.78. The summed E-state index contributed by atoms with van der Waals surface area (Å²) >= 11 is 0. The van der Waals surface area contributed by atoms with Gasteiger partial charge in [-0.2, -0.15) is 0 Å². The minimum atomic E-state index is -0.354. The number of fused-ring (bicyclic) bond motifs is 2. The maximum absolute atomic E-state index is 13.3. The molecule has 4 heterocycles. The lowest BCUT2D eigenvalue weighted by atomic mass is 10.1. The van der Waals surface area contributed by atoms with E-state index >= 15 is 0 Å². The number of amides is 1. The summed E-state index contributed by atoms with van der Waals surface area (Å²) in [6, 6.07) is 5.25. The Hall–Kier alpha value is -3.30. The summed E-state index contributed by atoms with van der Waals surface area (Å²) < 4.78 is 8.71. The van der Waals surface area contributed by atoms with E-state index in [9.17, 15) is 9.59 Å². The van der Waals surface area contributed by atoms with Crippen molar-refractivity contribution in [2.45, 2.75) is 13.5 Å². The number of aryl methyl sites for hydroxylation is 1. The lowest BCUT2D eigenvalue weighted by Crippen LogP contribution is -2.48. The fourth-order valence-corrected chi connectivity index (χ4v) is 3.84. The van der Waals surface area contributed by atoms with Gasteiger partial charge in [-0.3, -0.25) is 18.9 Å². The van der Waals surface area contributed by atoms with Crippen molar-refractivity contribution in [1.29, 1.82) is 0 Å². The van der Waals surface area contributed by atoms with Gasteiger partial charge in [-0.1, -0.05) is 17.1 Å². The first-order valence-electron chi connectivity index (χ1n) is 10.3. The standard InChI is InChI=1S/C22H26N6O3/c1-3-6-24-21(29)16-14-17-20(25-19-15(2)5-4-7-28(19)22(17)30)27(18(16)23)9-8-26-10-12-31-13-11-26/h3-5,7,14,23H,1,6,8-13H2,2H3,(H,24,29)/p+1. The third-order valence-corrected chi connectivity index (χ3v) is 5.57. The highest BCUT2D eigenvalue weighted by Gasteiger charge is 2.25. The molecule has 0 saturated carbocycles. The number of nitrogens with zero attached hydrogens (tertiary/aromatic N) is 4. The van der Waals surface area contributed by atoms with E-state index in [1.165, 1.54) is 4.40 Å². The molecule has 1 saturated heterocycles. The number of anilines is 1. The van der Waals surface area contributed by atoms with Gasteiger partial charge in [-0.25, -0.2) is 4.57 Å². The van der Waals surface area contributed by atoms with Gasteiger partial charge in [-0.15, -0.1) is 6.58 Å². The van der Waals surface area contributed by atoms with Crippen LogP contribution >= 0.6 is 0 Å². The predicted molar refractivity (Wildman–Crippen MR) is 118 cm³/mol. The van der Waals surface area contributed by atoms with Crippen LogP contribution in [0.25, 0.3) is 16.7 Å². The number of rotatable bonds is 6. The number of hydrogen-bond acceptors (Lipinski definition) is 6. The second-order valence-corrected chi connectivity index (χ2v) is 7.59. The highest BCUT2D eigenvalue weighted by Crippen LogP contribution is 2.16. The molecule has 0 spiro atoms. The quantitative estimate of drug-likeness (QED) is 0.335. The van der Waals surface area contributed by atoms with Crippen LogP contribution < -0.4 is 21.2 Å². The lowest BCUT2D eigenvalue weighted by molar-refractivity contribution is -0.658. The smallest absolute Gasteiger partial charge is 0.278 e. The summed E-state index contributed by atoms with van der Waals surface area (Å²) in [4.78, 5) is 33.1. The summed E-state index contributed by atoms with van der Waals surface area (Å²) in [6.45, 7) is 10.1. The molecule has 1 amide bonds. The van der Waals surface area contributed by atoms with E-state index in [4.69, 9.17) is 15.5 Å². The van der Waals surface area contributed by atoms with Crippen molar-refractivity contribution in [2.24, 2.45) is 0 Å². The molecule has 0 radical (unpaired) electrons. The minimum Gasteiger partial charge on any atom is -0.379 e. The van der Waals surface area contributed by atoms with E-state index < -0.39 is 0 Å². The fourth-order valence-electron chi connectivity index (χ4n) is 3.84. The first-order chi connectivity index (χ1) is 15.0. The Morgan fingerprint density at radius 1 is 1.42 bits per heavy atom. The van der Waals surface area contributed by atoms with Gasteiger partial charge in [0.05, 0.1) is 19.8 Å². The maximum atomic E-state index is 13.3. The second kappa shape index (κ2) is 8.83. The van der Waals surface area contributed by atoms with E-state index in [2.05, 4.69) is 16.8 Å². The van der Waals surface area contributed by atoms with Crippen LogP contribution in [0.3, 0.4) is 0 Å². The van der Waals surface area contributed by atoms with E-state index in [0.717, 1.165) is 18.7 Å². The summed E-state index contributed by atoms with van der Waals surface area (Å²) in [5.74, 6) is -0.0692. The molecule has 1 aliphatic heterocycles. The Morgan fingerprint density at radius 3 is 2.94 bits per heavy atom. The van der Waals surface area contributed by atoms with E-state index in [1.807, 2.05) is 13.0 Å². The molecule has 3 N–H and O–H groups in total. The molecule has 9 heteroatoms. The molecule has 1 fully saturated rings. The molecule has 0 aromatic carbocycles. The highest BCUT2D eigenvalue weighted by atomic mass is 16.5. The average molecular weight is 423 g/mol. The van der Waals surface area contributed by atoms with Crippen LogP contribution in [-0.2, 0) is 11.3 Å². The monoisotopic (exact) mass is 423 g/mol. The Balaban J connectivity index is 1.89. The third-order valence-electron chi connectivity index (χ3n) is 5.57. The molecular formula is C22H27N6O3+. The van der Waals surface area contributed by atoms with Crippen LogP contribution in [0.1, 0.15) is 15.9 Å². The van der Waals surface area contributed by atoms with Crippen LogP contribution in [0.5, 0.6) is 0 Å². The number of carbonyl (C=O) groups is 1. The number of morpholine rings is 1. The van der Waals surface area contributed by atoms with Crippen molar-refractivity contribution in [2.75, 3.05) is 45.1 Å².